The molecule has 0 aliphatic heterocycles. The lowest BCUT2D eigenvalue weighted by Crippen LogP contribution is -2.29. The average Bonchev–Trinajstić information content (AvgIpc) is 3.01. The van der Waals surface area contributed by atoms with E-state index in [-0.39, 0.29) is 11.3 Å². The molecule has 2 aromatic heterocycles. The van der Waals surface area contributed by atoms with Gasteiger partial charge in [0.1, 0.15) is 6.04 Å². The number of hydrogen-bond donors (Lipinski definition) is 1. The zero-order valence-electron chi connectivity index (χ0n) is 13.9. The van der Waals surface area contributed by atoms with Gasteiger partial charge < -0.3 is 0 Å². The molecule has 2 rings (SSSR count). The van der Waals surface area contributed by atoms with Gasteiger partial charge in [-0.15, -0.1) is 0 Å². The van der Waals surface area contributed by atoms with Gasteiger partial charge in [-0.1, -0.05) is 0 Å². The fraction of sp³-hybridized carbons (Fsp3) is 0.429. The zero-order chi connectivity index (χ0) is 18.9. The van der Waals surface area contributed by atoms with Gasteiger partial charge in [-0.2, -0.15) is 32.9 Å². The van der Waals surface area contributed by atoms with Gasteiger partial charge in [0.25, 0.3) is 5.91 Å². The number of alkyl halides is 3. The van der Waals surface area contributed by atoms with Gasteiger partial charge in [-0.3, -0.25) is 9.48 Å². The van der Waals surface area contributed by atoms with Crippen molar-refractivity contribution < 1.29 is 22.4 Å². The summed E-state index contributed by atoms with van der Waals surface area (Å²) in [6, 6.07) is -0.186. The Hall–Kier alpha value is -2.72. The lowest BCUT2D eigenvalue weighted by Gasteiger charge is -2.12. The van der Waals surface area contributed by atoms with E-state index in [0.29, 0.717) is 5.69 Å². The lowest BCUT2D eigenvalue weighted by molar-refractivity contribution is -0.142. The minimum atomic E-state index is -4.60. The Morgan fingerprint density at radius 1 is 1.36 bits per heavy atom. The highest BCUT2D eigenvalue weighted by Gasteiger charge is 2.35. The summed E-state index contributed by atoms with van der Waals surface area (Å²) in [6.45, 7) is 4.35. The van der Waals surface area contributed by atoms with Crippen molar-refractivity contribution in [2.45, 2.75) is 33.0 Å². The number of nitrogens with one attached hydrogen (secondary N) is 1. The molecule has 0 saturated heterocycles. The van der Waals surface area contributed by atoms with Crippen LogP contribution in [0.1, 0.15) is 35.6 Å². The van der Waals surface area contributed by atoms with Crippen molar-refractivity contribution in [3.63, 3.8) is 0 Å². The second-order valence-electron chi connectivity index (χ2n) is 5.44. The molecule has 0 bridgehead atoms. The Bertz CT molecular complexity index is 820. The molecule has 0 aliphatic carbocycles. The van der Waals surface area contributed by atoms with Crippen LogP contribution in [0.2, 0.25) is 0 Å². The fourth-order valence-corrected chi connectivity index (χ4v) is 2.18. The van der Waals surface area contributed by atoms with E-state index in [2.05, 4.69) is 20.7 Å². The minimum absolute atomic E-state index is 0.102. The largest absolute Gasteiger partial charge is 0.435 e. The topological polar surface area (TPSA) is 77.1 Å². The first-order valence-corrected chi connectivity index (χ1v) is 7.17. The minimum Gasteiger partial charge on any atom is -0.271 e. The Kier molecular flexibility index (Phi) is 4.95. The van der Waals surface area contributed by atoms with Gasteiger partial charge in [0.2, 0.25) is 5.95 Å². The number of aryl methyl sites for hydroxylation is 3. The second-order valence-corrected chi connectivity index (χ2v) is 5.44. The maximum Gasteiger partial charge on any atom is 0.435 e. The van der Waals surface area contributed by atoms with E-state index >= 15 is 0 Å². The summed E-state index contributed by atoms with van der Waals surface area (Å²) in [4.78, 5) is 12.0. The Labute approximate surface area is 140 Å². The maximum absolute atomic E-state index is 13.7. The Balaban J connectivity index is 2.11. The molecule has 1 atom stereocenters. The smallest absolute Gasteiger partial charge is 0.271 e. The van der Waals surface area contributed by atoms with Gasteiger partial charge in [0.05, 0.1) is 17.5 Å². The van der Waals surface area contributed by atoms with Crippen molar-refractivity contribution in [1.29, 1.82) is 0 Å². The van der Waals surface area contributed by atoms with Crippen molar-refractivity contribution in [3.05, 3.63) is 34.7 Å². The molecule has 136 valence electrons. The van der Waals surface area contributed by atoms with Gasteiger partial charge in [0.15, 0.2) is 5.69 Å². The normalized spacial score (nSPS) is 13.4. The molecular formula is C14H16F4N6O. The third-order valence-electron chi connectivity index (χ3n) is 3.52. The van der Waals surface area contributed by atoms with Gasteiger partial charge in [-0.25, -0.2) is 10.1 Å². The molecule has 0 aromatic carbocycles. The first-order valence-electron chi connectivity index (χ1n) is 7.17. The molecule has 7 nitrogen and oxygen atoms in total. The molecule has 0 fully saturated rings. The number of hydrazone groups is 1. The van der Waals surface area contributed by atoms with Crippen LogP contribution in [0.4, 0.5) is 17.6 Å². The number of nitrogens with zero attached hydrogens (tertiary/aromatic N) is 5. The number of amides is 1. The molecule has 1 N–H and O–H groups in total. The van der Waals surface area contributed by atoms with Crippen molar-refractivity contribution in [2.75, 3.05) is 0 Å². The highest BCUT2D eigenvalue weighted by molar-refractivity contribution is 5.84. The van der Waals surface area contributed by atoms with Crippen LogP contribution in [-0.4, -0.2) is 31.7 Å². The van der Waals surface area contributed by atoms with Crippen LogP contribution in [0.3, 0.4) is 0 Å². The number of rotatable bonds is 4. The third-order valence-corrected chi connectivity index (χ3v) is 3.52. The summed E-state index contributed by atoms with van der Waals surface area (Å²) < 4.78 is 53.7. The van der Waals surface area contributed by atoms with E-state index in [1.54, 1.807) is 6.92 Å². The van der Waals surface area contributed by atoms with Crippen molar-refractivity contribution in [1.82, 2.24) is 25.0 Å². The summed E-state index contributed by atoms with van der Waals surface area (Å²) in [6.07, 6.45) is -3.51. The predicted molar refractivity (Wildman–Crippen MR) is 80.3 cm³/mol. The molecular weight excluding hydrogens is 344 g/mol. The summed E-state index contributed by atoms with van der Waals surface area (Å²) in [7, 11) is 1.42. The number of carbonyl (C=O) groups is 1. The molecule has 2 aromatic rings. The molecule has 11 heteroatoms. The van der Waals surface area contributed by atoms with Crippen LogP contribution >= 0.6 is 0 Å². The first kappa shape index (κ1) is 18.6. The molecule has 0 aliphatic rings. The van der Waals surface area contributed by atoms with Crippen LogP contribution in [0.5, 0.6) is 0 Å². The third kappa shape index (κ3) is 3.86. The fourth-order valence-electron chi connectivity index (χ4n) is 2.18. The maximum atomic E-state index is 13.7. The first-order chi connectivity index (χ1) is 11.5. The zero-order valence-corrected chi connectivity index (χ0v) is 13.9. The van der Waals surface area contributed by atoms with Crippen LogP contribution in [0, 0.1) is 19.8 Å². The molecule has 1 amide bonds. The van der Waals surface area contributed by atoms with E-state index in [0.717, 1.165) is 21.6 Å². The molecule has 0 radical (unpaired) electrons. The van der Waals surface area contributed by atoms with E-state index in [1.807, 2.05) is 0 Å². The van der Waals surface area contributed by atoms with E-state index < -0.39 is 29.8 Å². The van der Waals surface area contributed by atoms with Crippen LogP contribution in [0.25, 0.3) is 0 Å². The molecule has 25 heavy (non-hydrogen) atoms. The van der Waals surface area contributed by atoms with Crippen LogP contribution in [0.15, 0.2) is 11.2 Å². The van der Waals surface area contributed by atoms with Gasteiger partial charge >= 0.3 is 6.18 Å². The molecule has 0 spiro atoms. The molecule has 2 heterocycles. The van der Waals surface area contributed by atoms with Crippen molar-refractivity contribution >= 4 is 12.1 Å². The lowest BCUT2D eigenvalue weighted by atomic mass is 10.3. The van der Waals surface area contributed by atoms with Gasteiger partial charge in [-0.05, 0) is 26.8 Å². The summed E-state index contributed by atoms with van der Waals surface area (Å²) in [5.41, 5.74) is 1.73. The molecule has 0 saturated carbocycles. The Morgan fingerprint density at radius 3 is 2.48 bits per heavy atom. The number of hydrogen-bond acceptors (Lipinski definition) is 4. The standard InChI is InChI=1S/C14H16F4N6O/c1-7-5-11(14(16,17)18)22-24(7)9(3)13(25)20-19-6-10-8(2)21-23(4)12(10)15/h5-6,9H,1-4H3,(H,20,25)/b19-6-/t9-/m1/s1. The van der Waals surface area contributed by atoms with E-state index in [4.69, 9.17) is 0 Å². The summed E-state index contributed by atoms with van der Waals surface area (Å²) >= 11 is 0. The van der Waals surface area contributed by atoms with Crippen molar-refractivity contribution in [3.8, 4) is 0 Å². The second kappa shape index (κ2) is 6.65. The number of halogens is 4. The molecule has 0 unspecified atom stereocenters. The monoisotopic (exact) mass is 360 g/mol. The summed E-state index contributed by atoms with van der Waals surface area (Å²) in [5, 5.41) is 10.9. The van der Waals surface area contributed by atoms with Crippen LogP contribution in [-0.2, 0) is 18.0 Å². The average molecular weight is 360 g/mol. The summed E-state index contributed by atoms with van der Waals surface area (Å²) in [5.74, 6) is -1.32. The number of carbonyl (C=O) groups excluding carboxylic acids is 1. The van der Waals surface area contributed by atoms with Gasteiger partial charge in [0, 0.05) is 12.7 Å². The quantitative estimate of drug-likeness (QED) is 0.515. The van der Waals surface area contributed by atoms with Crippen LogP contribution < -0.4 is 5.43 Å². The highest BCUT2D eigenvalue weighted by Crippen LogP contribution is 2.29. The predicted octanol–water partition coefficient (Wildman–Crippen LogP) is 2.10. The van der Waals surface area contributed by atoms with E-state index in [1.165, 1.54) is 20.9 Å². The van der Waals surface area contributed by atoms with E-state index in [9.17, 15) is 22.4 Å². The number of aromatic nitrogens is 4. The Morgan fingerprint density at radius 2 is 2.00 bits per heavy atom. The SMILES string of the molecule is Cc1nn(C)c(F)c1/C=N\NC(=O)[C@@H](C)n1nc(C(F)(F)F)cc1C. The highest BCUT2D eigenvalue weighted by atomic mass is 19.4. The van der Waals surface area contributed by atoms with Crippen molar-refractivity contribution in [2.24, 2.45) is 12.1 Å².